The third-order valence-electron chi connectivity index (χ3n) is 3.27. The van der Waals surface area contributed by atoms with Gasteiger partial charge < -0.3 is 14.7 Å². The predicted octanol–water partition coefficient (Wildman–Crippen LogP) is 2.89. The normalized spacial score (nSPS) is 22.6. The maximum Gasteiger partial charge on any atom is 0.410 e. The van der Waals surface area contributed by atoms with E-state index in [1.807, 2.05) is 32.9 Å². The molecule has 0 saturated heterocycles. The molecule has 116 valence electrons. The zero-order valence-corrected chi connectivity index (χ0v) is 13.4. The zero-order valence-electron chi connectivity index (χ0n) is 12.6. The molecule has 1 unspecified atom stereocenters. The van der Waals surface area contributed by atoms with Gasteiger partial charge >= 0.3 is 12.1 Å². The van der Waals surface area contributed by atoms with Gasteiger partial charge in [-0.2, -0.15) is 0 Å². The molecule has 0 saturated carbocycles. The lowest BCUT2D eigenvalue weighted by Gasteiger charge is -2.29. The van der Waals surface area contributed by atoms with Crippen LogP contribution in [0.3, 0.4) is 0 Å². The minimum atomic E-state index is -0.774. The number of hydrogen-bond donors (Lipinski definition) is 1. The van der Waals surface area contributed by atoms with Crippen LogP contribution < -0.4 is 0 Å². The van der Waals surface area contributed by atoms with Gasteiger partial charge in [0.25, 0.3) is 0 Å². The molecule has 1 amide bonds. The van der Waals surface area contributed by atoms with Gasteiger partial charge in [0.05, 0.1) is 5.92 Å². The predicted molar refractivity (Wildman–Crippen MR) is 82.2 cm³/mol. The molecule has 6 heteroatoms. The van der Waals surface area contributed by atoms with Gasteiger partial charge in [0.2, 0.25) is 0 Å². The van der Waals surface area contributed by atoms with E-state index in [0.717, 1.165) is 16.9 Å². The standard InChI is InChI=1S/C15H21NO4S/c1-15(2,3)20-14(19)16-6-4-10(5-7-16)12-8-11(9-21-12)13(17)18/h4,8,11H,5-7,9H2,1-3H3,(H,17,18). The summed E-state index contributed by atoms with van der Waals surface area (Å²) in [6.45, 7) is 6.67. The number of rotatable bonds is 2. The number of allylic oxidation sites excluding steroid dienone is 1. The maximum absolute atomic E-state index is 12.0. The molecule has 0 spiro atoms. The van der Waals surface area contributed by atoms with E-state index in [1.54, 1.807) is 16.7 Å². The van der Waals surface area contributed by atoms with E-state index in [2.05, 4.69) is 0 Å². The van der Waals surface area contributed by atoms with E-state index in [-0.39, 0.29) is 6.09 Å². The molecule has 0 aliphatic carbocycles. The molecule has 2 heterocycles. The fourth-order valence-electron chi connectivity index (χ4n) is 2.19. The van der Waals surface area contributed by atoms with Gasteiger partial charge in [0.1, 0.15) is 5.60 Å². The van der Waals surface area contributed by atoms with Crippen molar-refractivity contribution in [2.75, 3.05) is 18.8 Å². The average Bonchev–Trinajstić information content (AvgIpc) is 2.86. The highest BCUT2D eigenvalue weighted by Crippen LogP contribution is 2.36. The number of aliphatic carboxylic acids is 1. The number of hydrogen-bond acceptors (Lipinski definition) is 4. The van der Waals surface area contributed by atoms with Crippen LogP contribution in [0, 0.1) is 5.92 Å². The van der Waals surface area contributed by atoms with Crippen LogP contribution in [0.5, 0.6) is 0 Å². The molecule has 5 nitrogen and oxygen atoms in total. The van der Waals surface area contributed by atoms with E-state index in [0.29, 0.717) is 18.8 Å². The Bertz CT molecular complexity index is 504. The molecule has 21 heavy (non-hydrogen) atoms. The topological polar surface area (TPSA) is 66.8 Å². The first-order valence-corrected chi connectivity index (χ1v) is 7.99. The largest absolute Gasteiger partial charge is 0.481 e. The lowest BCUT2D eigenvalue weighted by molar-refractivity contribution is -0.139. The van der Waals surface area contributed by atoms with Crippen molar-refractivity contribution in [3.8, 4) is 0 Å². The molecule has 0 bridgehead atoms. The van der Waals surface area contributed by atoms with E-state index in [4.69, 9.17) is 9.84 Å². The van der Waals surface area contributed by atoms with Gasteiger partial charge in [-0.05, 0) is 32.8 Å². The molecule has 2 aliphatic rings. The highest BCUT2D eigenvalue weighted by Gasteiger charge is 2.28. The molecule has 0 aromatic heterocycles. The third-order valence-corrected chi connectivity index (χ3v) is 4.50. The van der Waals surface area contributed by atoms with Crippen molar-refractivity contribution in [1.29, 1.82) is 0 Å². The molecular formula is C15H21NO4S. The van der Waals surface area contributed by atoms with Crippen LogP contribution >= 0.6 is 11.8 Å². The van der Waals surface area contributed by atoms with Crippen LogP contribution in [0.25, 0.3) is 0 Å². The number of nitrogens with zero attached hydrogens (tertiary/aromatic N) is 1. The zero-order chi connectivity index (χ0) is 15.6. The number of amides is 1. The first-order chi connectivity index (χ1) is 9.76. The van der Waals surface area contributed by atoms with Crippen molar-refractivity contribution >= 4 is 23.8 Å². The van der Waals surface area contributed by atoms with Crippen LogP contribution in [-0.4, -0.2) is 46.5 Å². The smallest absolute Gasteiger partial charge is 0.410 e. The molecule has 2 aliphatic heterocycles. The van der Waals surface area contributed by atoms with Crippen LogP contribution in [0.2, 0.25) is 0 Å². The maximum atomic E-state index is 12.0. The van der Waals surface area contributed by atoms with Crippen molar-refractivity contribution < 1.29 is 19.4 Å². The van der Waals surface area contributed by atoms with E-state index >= 15 is 0 Å². The number of carbonyl (C=O) groups excluding carboxylic acids is 1. The SMILES string of the molecule is CC(C)(C)OC(=O)N1CC=C(C2=CC(C(=O)O)CS2)CC1. The Balaban J connectivity index is 1.95. The quantitative estimate of drug-likeness (QED) is 0.849. The Labute approximate surface area is 129 Å². The third kappa shape index (κ3) is 4.27. The monoisotopic (exact) mass is 311 g/mol. The molecular weight excluding hydrogens is 290 g/mol. The first kappa shape index (κ1) is 15.9. The number of carbonyl (C=O) groups is 2. The molecule has 0 radical (unpaired) electrons. The summed E-state index contributed by atoms with van der Waals surface area (Å²) >= 11 is 1.58. The molecule has 0 aromatic carbocycles. The summed E-state index contributed by atoms with van der Waals surface area (Å²) in [5.41, 5.74) is 0.656. The summed E-state index contributed by atoms with van der Waals surface area (Å²) in [4.78, 5) is 25.6. The summed E-state index contributed by atoms with van der Waals surface area (Å²) in [6, 6.07) is 0. The van der Waals surface area contributed by atoms with Crippen molar-refractivity contribution in [2.45, 2.75) is 32.8 Å². The molecule has 0 aromatic rings. The van der Waals surface area contributed by atoms with Crippen molar-refractivity contribution in [3.63, 3.8) is 0 Å². The summed E-state index contributed by atoms with van der Waals surface area (Å²) in [7, 11) is 0. The number of carboxylic acids is 1. The molecule has 2 rings (SSSR count). The Morgan fingerprint density at radius 2 is 2.14 bits per heavy atom. The Morgan fingerprint density at radius 1 is 1.43 bits per heavy atom. The van der Waals surface area contributed by atoms with Crippen LogP contribution in [0.4, 0.5) is 4.79 Å². The van der Waals surface area contributed by atoms with Gasteiger partial charge in [-0.15, -0.1) is 11.8 Å². The molecule has 0 fully saturated rings. The fourth-order valence-corrected chi connectivity index (χ4v) is 3.42. The van der Waals surface area contributed by atoms with E-state index in [9.17, 15) is 9.59 Å². The van der Waals surface area contributed by atoms with Crippen molar-refractivity contribution in [1.82, 2.24) is 4.90 Å². The van der Waals surface area contributed by atoms with Crippen LogP contribution in [0.15, 0.2) is 22.6 Å². The highest BCUT2D eigenvalue weighted by atomic mass is 32.2. The minimum absolute atomic E-state index is 0.297. The number of carboxylic acid groups (broad SMARTS) is 1. The van der Waals surface area contributed by atoms with Crippen LogP contribution in [0.1, 0.15) is 27.2 Å². The van der Waals surface area contributed by atoms with Crippen LogP contribution in [-0.2, 0) is 9.53 Å². The number of thioether (sulfide) groups is 1. The lowest BCUT2D eigenvalue weighted by Crippen LogP contribution is -2.39. The van der Waals surface area contributed by atoms with Crippen molar-refractivity contribution in [2.24, 2.45) is 5.92 Å². The summed E-state index contributed by atoms with van der Waals surface area (Å²) in [5.74, 6) is -0.572. The second-order valence-electron chi connectivity index (χ2n) is 6.19. The van der Waals surface area contributed by atoms with E-state index < -0.39 is 17.5 Å². The number of ether oxygens (including phenoxy) is 1. The van der Waals surface area contributed by atoms with Crippen molar-refractivity contribution in [3.05, 3.63) is 22.6 Å². The average molecular weight is 311 g/mol. The summed E-state index contributed by atoms with van der Waals surface area (Å²) < 4.78 is 5.35. The lowest BCUT2D eigenvalue weighted by atomic mass is 10.0. The Kier molecular flexibility index (Phi) is 4.66. The minimum Gasteiger partial charge on any atom is -0.481 e. The van der Waals surface area contributed by atoms with Gasteiger partial charge in [-0.3, -0.25) is 4.79 Å². The van der Waals surface area contributed by atoms with Gasteiger partial charge in [-0.25, -0.2) is 4.79 Å². The van der Waals surface area contributed by atoms with Gasteiger partial charge in [-0.1, -0.05) is 12.2 Å². The molecule has 1 N–H and O–H groups in total. The van der Waals surface area contributed by atoms with E-state index in [1.165, 1.54) is 0 Å². The fraction of sp³-hybridized carbons (Fsp3) is 0.600. The first-order valence-electron chi connectivity index (χ1n) is 7.01. The Hall–Kier alpha value is -1.43. The molecule has 1 atom stereocenters. The Morgan fingerprint density at radius 3 is 2.62 bits per heavy atom. The second-order valence-corrected chi connectivity index (χ2v) is 7.25. The second kappa shape index (κ2) is 6.13. The highest BCUT2D eigenvalue weighted by molar-refractivity contribution is 8.03. The summed E-state index contributed by atoms with van der Waals surface area (Å²) in [5, 5.41) is 9.01. The summed E-state index contributed by atoms with van der Waals surface area (Å²) in [6.07, 6.45) is 4.26. The van der Waals surface area contributed by atoms with Gasteiger partial charge in [0.15, 0.2) is 0 Å². The van der Waals surface area contributed by atoms with Gasteiger partial charge in [0, 0.05) is 23.7 Å².